The maximum absolute atomic E-state index is 13.5. The first-order valence-corrected chi connectivity index (χ1v) is 12.6. The van der Waals surface area contributed by atoms with E-state index in [0.29, 0.717) is 15.7 Å². The number of nitrogens with zero attached hydrogens (tertiary/aromatic N) is 2. The third kappa shape index (κ3) is 4.62. The molecular formula is C27H19BrClN3OS. The molecule has 0 atom stereocenters. The summed E-state index contributed by atoms with van der Waals surface area (Å²) in [6.07, 6.45) is 0. The van der Waals surface area contributed by atoms with E-state index in [1.54, 1.807) is 0 Å². The van der Waals surface area contributed by atoms with E-state index in [2.05, 4.69) is 26.2 Å². The molecule has 7 heteroatoms. The van der Waals surface area contributed by atoms with Gasteiger partial charge in [0.15, 0.2) is 5.13 Å². The fourth-order valence-electron chi connectivity index (χ4n) is 3.75. The Bertz CT molecular complexity index is 1530. The molecule has 1 amide bonds. The monoisotopic (exact) mass is 547 g/mol. The molecule has 2 aromatic heterocycles. The summed E-state index contributed by atoms with van der Waals surface area (Å²) in [6.45, 7) is 4.04. The molecule has 0 radical (unpaired) electrons. The van der Waals surface area contributed by atoms with Crippen LogP contribution in [0.4, 0.5) is 5.13 Å². The molecule has 0 spiro atoms. The first-order valence-electron chi connectivity index (χ1n) is 10.6. The van der Waals surface area contributed by atoms with Gasteiger partial charge in [0.2, 0.25) is 0 Å². The molecule has 2 heterocycles. The van der Waals surface area contributed by atoms with Crippen molar-refractivity contribution in [2.24, 2.45) is 0 Å². The van der Waals surface area contributed by atoms with Crippen LogP contribution in [0.1, 0.15) is 20.8 Å². The largest absolute Gasteiger partial charge is 0.298 e. The van der Waals surface area contributed by atoms with E-state index in [4.69, 9.17) is 16.6 Å². The Hall–Kier alpha value is -3.06. The standard InChI is InChI=1S/C27H19BrClN3OS/c1-15-3-5-17(6-4-15)24-14-22(21-13-19(28)9-12-23(21)30-24)26(33)32-27-31-25(16(2)34-27)18-7-10-20(29)11-8-18/h3-14H,1-2H3,(H,31,32,33). The van der Waals surface area contributed by atoms with Crippen LogP contribution in [0, 0.1) is 13.8 Å². The topological polar surface area (TPSA) is 54.9 Å². The highest BCUT2D eigenvalue weighted by molar-refractivity contribution is 9.10. The van der Waals surface area contributed by atoms with Crippen LogP contribution < -0.4 is 5.32 Å². The fraction of sp³-hybridized carbons (Fsp3) is 0.0741. The number of halogens is 2. The average Bonchev–Trinajstić information content (AvgIpc) is 3.19. The van der Waals surface area contributed by atoms with Crippen molar-refractivity contribution in [3.05, 3.63) is 98.3 Å². The minimum absolute atomic E-state index is 0.227. The predicted molar refractivity (Wildman–Crippen MR) is 145 cm³/mol. The Morgan fingerprint density at radius 2 is 1.62 bits per heavy atom. The Morgan fingerprint density at radius 1 is 0.912 bits per heavy atom. The molecule has 5 aromatic rings. The predicted octanol–water partition coefficient (Wildman–Crippen LogP) is 8.31. The second-order valence-electron chi connectivity index (χ2n) is 7.97. The van der Waals surface area contributed by atoms with Crippen LogP contribution in [0.5, 0.6) is 0 Å². The lowest BCUT2D eigenvalue weighted by atomic mass is 10.0. The van der Waals surface area contributed by atoms with Crippen LogP contribution >= 0.6 is 38.9 Å². The Kier molecular flexibility index (Phi) is 6.21. The number of carbonyl (C=O) groups excluding carboxylic acids is 1. The normalized spacial score (nSPS) is 11.1. The lowest BCUT2D eigenvalue weighted by Gasteiger charge is -2.10. The Morgan fingerprint density at radius 3 is 2.35 bits per heavy atom. The van der Waals surface area contributed by atoms with E-state index in [-0.39, 0.29) is 5.91 Å². The van der Waals surface area contributed by atoms with Crippen molar-refractivity contribution in [1.29, 1.82) is 0 Å². The summed E-state index contributed by atoms with van der Waals surface area (Å²) in [4.78, 5) is 24.0. The fourth-order valence-corrected chi connectivity index (χ4v) is 5.07. The van der Waals surface area contributed by atoms with Gasteiger partial charge in [-0.25, -0.2) is 9.97 Å². The summed E-state index contributed by atoms with van der Waals surface area (Å²) in [5.41, 5.74) is 5.96. The van der Waals surface area contributed by atoms with Crippen molar-refractivity contribution in [2.75, 3.05) is 5.32 Å². The zero-order chi connectivity index (χ0) is 23.8. The minimum Gasteiger partial charge on any atom is -0.298 e. The average molecular weight is 549 g/mol. The maximum Gasteiger partial charge on any atom is 0.258 e. The molecule has 168 valence electrons. The molecule has 0 unspecified atom stereocenters. The van der Waals surface area contributed by atoms with Crippen LogP contribution in [0.3, 0.4) is 0 Å². The molecular weight excluding hydrogens is 530 g/mol. The third-order valence-corrected chi connectivity index (χ3v) is 7.13. The number of fused-ring (bicyclic) bond motifs is 1. The Balaban J connectivity index is 1.54. The highest BCUT2D eigenvalue weighted by atomic mass is 79.9. The molecule has 0 saturated heterocycles. The molecule has 0 bridgehead atoms. The smallest absolute Gasteiger partial charge is 0.258 e. The molecule has 0 saturated carbocycles. The number of aryl methyl sites for hydroxylation is 2. The SMILES string of the molecule is Cc1ccc(-c2cc(C(=O)Nc3nc(-c4ccc(Cl)cc4)c(C)s3)c3cc(Br)ccc3n2)cc1. The number of rotatable bonds is 4. The van der Waals surface area contributed by atoms with Crippen molar-refractivity contribution in [3.63, 3.8) is 0 Å². The van der Waals surface area contributed by atoms with E-state index < -0.39 is 0 Å². The highest BCUT2D eigenvalue weighted by Crippen LogP contribution is 2.32. The second kappa shape index (κ2) is 9.29. The molecule has 5 rings (SSSR count). The van der Waals surface area contributed by atoms with Crippen LogP contribution in [0.25, 0.3) is 33.4 Å². The van der Waals surface area contributed by atoms with Gasteiger partial charge < -0.3 is 0 Å². The van der Waals surface area contributed by atoms with Gasteiger partial charge >= 0.3 is 0 Å². The van der Waals surface area contributed by atoms with Gasteiger partial charge in [0, 0.05) is 30.9 Å². The molecule has 1 N–H and O–H groups in total. The van der Waals surface area contributed by atoms with Gasteiger partial charge in [-0.1, -0.05) is 69.5 Å². The van der Waals surface area contributed by atoms with E-state index in [1.165, 1.54) is 16.9 Å². The lowest BCUT2D eigenvalue weighted by Crippen LogP contribution is -2.13. The molecule has 4 nitrogen and oxygen atoms in total. The zero-order valence-corrected chi connectivity index (χ0v) is 21.6. The van der Waals surface area contributed by atoms with E-state index in [9.17, 15) is 4.79 Å². The number of aromatic nitrogens is 2. The van der Waals surface area contributed by atoms with E-state index >= 15 is 0 Å². The summed E-state index contributed by atoms with van der Waals surface area (Å²) in [5.74, 6) is -0.227. The molecule has 0 fully saturated rings. The number of hydrogen-bond donors (Lipinski definition) is 1. The summed E-state index contributed by atoms with van der Waals surface area (Å²) >= 11 is 11.0. The first-order chi connectivity index (χ1) is 16.4. The van der Waals surface area contributed by atoms with Gasteiger partial charge in [-0.15, -0.1) is 11.3 Å². The van der Waals surface area contributed by atoms with Crippen molar-refractivity contribution < 1.29 is 4.79 Å². The molecule has 34 heavy (non-hydrogen) atoms. The quantitative estimate of drug-likeness (QED) is 0.246. The minimum atomic E-state index is -0.227. The number of amides is 1. The number of carbonyl (C=O) groups is 1. The van der Waals surface area contributed by atoms with Crippen LogP contribution in [-0.4, -0.2) is 15.9 Å². The number of nitrogens with one attached hydrogen (secondary N) is 1. The Labute approximate surface area is 214 Å². The van der Waals surface area contributed by atoms with Crippen LogP contribution in [0.2, 0.25) is 5.02 Å². The number of hydrogen-bond acceptors (Lipinski definition) is 4. The van der Waals surface area contributed by atoms with Crippen molar-refractivity contribution in [1.82, 2.24) is 9.97 Å². The first kappa shape index (κ1) is 22.7. The van der Waals surface area contributed by atoms with Crippen molar-refractivity contribution in [3.8, 4) is 22.5 Å². The van der Waals surface area contributed by atoms with Gasteiger partial charge in [0.1, 0.15) is 0 Å². The van der Waals surface area contributed by atoms with Crippen LogP contribution in [0.15, 0.2) is 77.3 Å². The number of benzene rings is 3. The molecule has 0 aliphatic carbocycles. The number of thiazole rings is 1. The van der Waals surface area contributed by atoms with E-state index in [0.717, 1.165) is 42.8 Å². The molecule has 0 aliphatic heterocycles. The maximum atomic E-state index is 13.5. The highest BCUT2D eigenvalue weighted by Gasteiger charge is 2.18. The van der Waals surface area contributed by atoms with Crippen molar-refractivity contribution in [2.45, 2.75) is 13.8 Å². The lowest BCUT2D eigenvalue weighted by molar-refractivity contribution is 0.102. The van der Waals surface area contributed by atoms with Gasteiger partial charge in [-0.3, -0.25) is 10.1 Å². The second-order valence-corrected chi connectivity index (χ2v) is 10.5. The van der Waals surface area contributed by atoms with Gasteiger partial charge in [0.05, 0.1) is 22.5 Å². The number of pyridine rings is 1. The number of anilines is 1. The van der Waals surface area contributed by atoms with Crippen LogP contribution in [-0.2, 0) is 0 Å². The van der Waals surface area contributed by atoms with E-state index in [1.807, 2.05) is 86.6 Å². The summed E-state index contributed by atoms with van der Waals surface area (Å²) in [5, 5.41) is 4.99. The molecule has 3 aromatic carbocycles. The zero-order valence-electron chi connectivity index (χ0n) is 18.4. The van der Waals surface area contributed by atoms with Gasteiger partial charge in [-0.2, -0.15) is 0 Å². The summed E-state index contributed by atoms with van der Waals surface area (Å²) in [7, 11) is 0. The summed E-state index contributed by atoms with van der Waals surface area (Å²) in [6, 6.07) is 23.3. The van der Waals surface area contributed by atoms with Gasteiger partial charge in [0.25, 0.3) is 5.91 Å². The third-order valence-electron chi connectivity index (χ3n) is 5.50. The summed E-state index contributed by atoms with van der Waals surface area (Å²) < 4.78 is 0.883. The van der Waals surface area contributed by atoms with Crippen molar-refractivity contribution >= 4 is 60.8 Å². The van der Waals surface area contributed by atoms with Gasteiger partial charge in [-0.05, 0) is 50.2 Å². The molecule has 0 aliphatic rings.